The van der Waals surface area contributed by atoms with Crippen LogP contribution in [0.1, 0.15) is 247 Å². The molecule has 4 rings (SSSR count). The fourth-order valence-electron chi connectivity index (χ4n) is 9.31. The molecule has 1 saturated heterocycles. The molecule has 0 aliphatic carbocycles. The van der Waals surface area contributed by atoms with Crippen LogP contribution in [0.3, 0.4) is 0 Å². The number of benzene rings is 3. The quantitative estimate of drug-likeness (QED) is 0.0410. The SMILES string of the molecule is CCCCCCCCCCCCCCOc1ccc(CCC(=O)O[C@H]2CC[C@H](c3ccc(OCCCCCC)cc3)O[C@@H]2COC(=O)c2ccc(OCCCCCCCCCCCCCC)cc2)cc1. The third kappa shape index (κ3) is 26.4. The van der Waals surface area contributed by atoms with Crippen molar-refractivity contribution in [2.24, 2.45) is 0 Å². The minimum absolute atomic E-state index is 0.0375. The Balaban J connectivity index is 1.18. The van der Waals surface area contributed by atoms with Crippen molar-refractivity contribution in [3.63, 3.8) is 0 Å². The van der Waals surface area contributed by atoms with Crippen LogP contribution in [0.5, 0.6) is 17.2 Å². The number of carbonyl (C=O) groups excluding carboxylic acids is 2. The standard InChI is InChI=1S/C62H96O8/c1-4-7-10-13-15-17-19-21-23-25-27-30-49-65-55-39-32-52(33-40-55)34-47-61(63)70-59-46-45-58(53-35-41-56(42-36-53)66-48-29-12-9-6-3)69-60(59)51-68-62(64)54-37-43-57(44-38-54)67-50-31-28-26-24-22-20-18-16-14-11-8-5-2/h32-33,35-44,58-60H,4-31,34,45-51H2,1-3H3/t58-,59+,60-/m1/s1. The monoisotopic (exact) mass is 969 g/mol. The van der Waals surface area contributed by atoms with Crippen molar-refractivity contribution in [1.29, 1.82) is 0 Å². The molecule has 1 fully saturated rings. The molecule has 1 heterocycles. The molecule has 3 atom stereocenters. The summed E-state index contributed by atoms with van der Waals surface area (Å²) >= 11 is 0. The van der Waals surface area contributed by atoms with Gasteiger partial charge in [-0.25, -0.2) is 4.79 Å². The Morgan fingerprint density at radius 2 is 0.857 bits per heavy atom. The van der Waals surface area contributed by atoms with Crippen molar-refractivity contribution in [2.45, 2.75) is 245 Å². The highest BCUT2D eigenvalue weighted by molar-refractivity contribution is 5.89. The van der Waals surface area contributed by atoms with Crippen LogP contribution < -0.4 is 14.2 Å². The van der Waals surface area contributed by atoms with Crippen molar-refractivity contribution in [3.05, 3.63) is 89.5 Å². The third-order valence-corrected chi connectivity index (χ3v) is 13.8. The molecule has 8 heteroatoms. The number of carbonyl (C=O) groups is 2. The molecule has 0 saturated carbocycles. The molecule has 392 valence electrons. The Hall–Kier alpha value is -4.04. The summed E-state index contributed by atoms with van der Waals surface area (Å²) in [6.45, 7) is 8.81. The summed E-state index contributed by atoms with van der Waals surface area (Å²) < 4.78 is 36.6. The molecular weight excluding hydrogens is 873 g/mol. The Morgan fingerprint density at radius 1 is 0.471 bits per heavy atom. The fraction of sp³-hybridized carbons (Fsp3) is 0.677. The van der Waals surface area contributed by atoms with Gasteiger partial charge in [-0.15, -0.1) is 0 Å². The lowest BCUT2D eigenvalue weighted by molar-refractivity contribution is -0.178. The highest BCUT2D eigenvalue weighted by Crippen LogP contribution is 2.34. The maximum Gasteiger partial charge on any atom is 0.338 e. The van der Waals surface area contributed by atoms with Gasteiger partial charge in [0.05, 0.1) is 31.5 Å². The lowest BCUT2D eigenvalue weighted by Crippen LogP contribution is -2.42. The maximum absolute atomic E-state index is 13.4. The van der Waals surface area contributed by atoms with E-state index < -0.39 is 18.2 Å². The lowest BCUT2D eigenvalue weighted by Gasteiger charge is -2.36. The van der Waals surface area contributed by atoms with E-state index in [1.165, 1.54) is 161 Å². The molecule has 0 unspecified atom stereocenters. The maximum atomic E-state index is 13.4. The third-order valence-electron chi connectivity index (χ3n) is 13.8. The van der Waals surface area contributed by atoms with Crippen LogP contribution in [0.2, 0.25) is 0 Å². The summed E-state index contributed by atoms with van der Waals surface area (Å²) in [6, 6.07) is 23.3. The molecule has 3 aromatic carbocycles. The van der Waals surface area contributed by atoms with Crippen molar-refractivity contribution in [2.75, 3.05) is 26.4 Å². The minimum Gasteiger partial charge on any atom is -0.494 e. The molecule has 0 N–H and O–H groups in total. The Bertz CT molecular complexity index is 1720. The van der Waals surface area contributed by atoms with Crippen LogP contribution in [-0.4, -0.2) is 50.6 Å². The topological polar surface area (TPSA) is 89.5 Å². The molecule has 0 amide bonds. The van der Waals surface area contributed by atoms with Gasteiger partial charge < -0.3 is 28.4 Å². The van der Waals surface area contributed by atoms with Gasteiger partial charge in [-0.05, 0) is 98.2 Å². The van der Waals surface area contributed by atoms with E-state index in [-0.39, 0.29) is 25.1 Å². The van der Waals surface area contributed by atoms with Crippen LogP contribution >= 0.6 is 0 Å². The normalized spacial score (nSPS) is 15.7. The van der Waals surface area contributed by atoms with Crippen LogP contribution in [-0.2, 0) is 25.4 Å². The first-order chi connectivity index (χ1) is 34.5. The summed E-state index contributed by atoms with van der Waals surface area (Å²) in [4.78, 5) is 26.7. The first kappa shape index (κ1) is 58.5. The second-order valence-corrected chi connectivity index (χ2v) is 20.0. The zero-order chi connectivity index (χ0) is 49.5. The predicted molar refractivity (Wildman–Crippen MR) is 287 cm³/mol. The van der Waals surface area contributed by atoms with E-state index in [4.69, 9.17) is 28.4 Å². The van der Waals surface area contributed by atoms with E-state index in [0.29, 0.717) is 38.0 Å². The van der Waals surface area contributed by atoms with Gasteiger partial charge >= 0.3 is 11.9 Å². The number of hydrogen-bond donors (Lipinski definition) is 0. The van der Waals surface area contributed by atoms with Crippen molar-refractivity contribution in [1.82, 2.24) is 0 Å². The number of unbranched alkanes of at least 4 members (excludes halogenated alkanes) is 25. The summed E-state index contributed by atoms with van der Waals surface area (Å²) in [6.07, 6.45) is 36.8. The smallest absolute Gasteiger partial charge is 0.338 e. The van der Waals surface area contributed by atoms with Gasteiger partial charge in [0, 0.05) is 6.42 Å². The number of ether oxygens (including phenoxy) is 6. The molecule has 1 aliphatic heterocycles. The number of aryl methyl sites for hydroxylation is 1. The molecule has 3 aromatic rings. The largest absolute Gasteiger partial charge is 0.494 e. The van der Waals surface area contributed by atoms with Gasteiger partial charge in [-0.3, -0.25) is 4.79 Å². The highest BCUT2D eigenvalue weighted by atomic mass is 16.6. The average molecular weight is 969 g/mol. The fourth-order valence-corrected chi connectivity index (χ4v) is 9.31. The van der Waals surface area contributed by atoms with Gasteiger partial charge in [-0.1, -0.05) is 206 Å². The van der Waals surface area contributed by atoms with E-state index in [1.807, 2.05) is 60.7 Å². The Kier molecular flexibility index (Phi) is 32.3. The Labute approximate surface area is 426 Å². The van der Waals surface area contributed by atoms with Crippen molar-refractivity contribution in [3.8, 4) is 17.2 Å². The molecule has 8 nitrogen and oxygen atoms in total. The lowest BCUT2D eigenvalue weighted by atomic mass is 9.96. The number of rotatable bonds is 42. The minimum atomic E-state index is -0.624. The molecule has 1 aliphatic rings. The molecule has 0 aromatic heterocycles. The van der Waals surface area contributed by atoms with Crippen LogP contribution in [0.15, 0.2) is 72.8 Å². The molecule has 0 bridgehead atoms. The van der Waals surface area contributed by atoms with Crippen LogP contribution in [0, 0.1) is 0 Å². The van der Waals surface area contributed by atoms with Crippen molar-refractivity contribution >= 4 is 11.9 Å². The second-order valence-electron chi connectivity index (χ2n) is 20.0. The van der Waals surface area contributed by atoms with E-state index >= 15 is 0 Å². The van der Waals surface area contributed by atoms with E-state index in [9.17, 15) is 9.59 Å². The summed E-state index contributed by atoms with van der Waals surface area (Å²) in [7, 11) is 0. The van der Waals surface area contributed by atoms with E-state index in [2.05, 4.69) is 20.8 Å². The van der Waals surface area contributed by atoms with Gasteiger partial charge in [0.2, 0.25) is 0 Å². The van der Waals surface area contributed by atoms with Gasteiger partial charge in [0.1, 0.15) is 36.1 Å². The second kappa shape index (κ2) is 38.6. The first-order valence-corrected chi connectivity index (χ1v) is 28.7. The number of esters is 2. The van der Waals surface area contributed by atoms with Crippen LogP contribution in [0.4, 0.5) is 0 Å². The van der Waals surface area contributed by atoms with E-state index in [1.54, 1.807) is 12.1 Å². The number of hydrogen-bond acceptors (Lipinski definition) is 8. The van der Waals surface area contributed by atoms with Gasteiger partial charge in [-0.2, -0.15) is 0 Å². The highest BCUT2D eigenvalue weighted by Gasteiger charge is 2.36. The molecule has 0 spiro atoms. The summed E-state index contributed by atoms with van der Waals surface area (Å²) in [5, 5.41) is 0. The van der Waals surface area contributed by atoms with Gasteiger partial charge in [0.15, 0.2) is 0 Å². The van der Waals surface area contributed by atoms with E-state index in [0.717, 1.165) is 54.2 Å². The predicted octanol–water partition coefficient (Wildman–Crippen LogP) is 17.4. The summed E-state index contributed by atoms with van der Waals surface area (Å²) in [5.74, 6) is 1.69. The first-order valence-electron chi connectivity index (χ1n) is 28.7. The van der Waals surface area contributed by atoms with Crippen LogP contribution in [0.25, 0.3) is 0 Å². The molecule has 0 radical (unpaired) electrons. The zero-order valence-electron chi connectivity index (χ0n) is 44.4. The Morgan fingerprint density at radius 3 is 1.30 bits per heavy atom. The molecular formula is C62H96O8. The van der Waals surface area contributed by atoms with Crippen molar-refractivity contribution < 1.29 is 38.0 Å². The zero-order valence-corrected chi connectivity index (χ0v) is 44.4. The van der Waals surface area contributed by atoms with Gasteiger partial charge in [0.25, 0.3) is 0 Å². The average Bonchev–Trinajstić information content (AvgIpc) is 3.38. The summed E-state index contributed by atoms with van der Waals surface area (Å²) in [5.41, 5.74) is 2.50. The molecule has 70 heavy (non-hydrogen) atoms.